The van der Waals surface area contributed by atoms with E-state index in [0.717, 1.165) is 19.4 Å². The van der Waals surface area contributed by atoms with Gasteiger partial charge in [0, 0.05) is 12.5 Å². The molecule has 1 atom stereocenters. The van der Waals surface area contributed by atoms with Gasteiger partial charge in [-0.3, -0.25) is 4.79 Å². The number of hydrogen-bond acceptors (Lipinski definition) is 4. The Morgan fingerprint density at radius 1 is 1.41 bits per heavy atom. The Morgan fingerprint density at radius 2 is 2.06 bits per heavy atom. The second-order valence-corrected chi connectivity index (χ2v) is 5.86. The largest absolute Gasteiger partial charge is 0.469 e. The van der Waals surface area contributed by atoms with Gasteiger partial charge in [-0.05, 0) is 47.1 Å². The van der Waals surface area contributed by atoms with E-state index in [9.17, 15) is 4.79 Å². The molecular weight excluding hydrogens is 218 g/mol. The summed E-state index contributed by atoms with van der Waals surface area (Å²) in [6.45, 7) is 9.28. The third kappa shape index (κ3) is 4.28. The minimum Gasteiger partial charge on any atom is -0.469 e. The lowest BCUT2D eigenvalue weighted by Gasteiger charge is -2.27. The van der Waals surface area contributed by atoms with Crippen molar-refractivity contribution in [1.29, 1.82) is 0 Å². The molecule has 1 rings (SSSR count). The van der Waals surface area contributed by atoms with Crippen LogP contribution in [-0.2, 0) is 14.3 Å². The van der Waals surface area contributed by atoms with Crippen molar-refractivity contribution in [3.05, 3.63) is 0 Å². The quantitative estimate of drug-likeness (QED) is 0.591. The van der Waals surface area contributed by atoms with Crippen LogP contribution in [0.25, 0.3) is 0 Å². The first-order valence-corrected chi connectivity index (χ1v) is 6.27. The van der Waals surface area contributed by atoms with Crippen molar-refractivity contribution in [2.45, 2.75) is 64.2 Å². The van der Waals surface area contributed by atoms with Crippen LogP contribution >= 0.6 is 0 Å². The van der Waals surface area contributed by atoms with Crippen LogP contribution in [0.1, 0.15) is 47.0 Å². The van der Waals surface area contributed by atoms with Crippen LogP contribution in [0.15, 0.2) is 0 Å². The van der Waals surface area contributed by atoms with Crippen molar-refractivity contribution in [3.63, 3.8) is 0 Å². The Morgan fingerprint density at radius 3 is 2.53 bits per heavy atom. The van der Waals surface area contributed by atoms with E-state index in [1.807, 2.05) is 0 Å². The molecular formula is C13H25NO3. The van der Waals surface area contributed by atoms with E-state index < -0.39 is 0 Å². The Hall–Kier alpha value is -0.610. The maximum atomic E-state index is 11.0. The summed E-state index contributed by atoms with van der Waals surface area (Å²) in [5.41, 5.74) is -0.210. The van der Waals surface area contributed by atoms with Crippen LogP contribution in [0.5, 0.6) is 0 Å². The molecule has 0 saturated carbocycles. The van der Waals surface area contributed by atoms with Gasteiger partial charge in [-0.1, -0.05) is 0 Å². The van der Waals surface area contributed by atoms with Crippen molar-refractivity contribution >= 4 is 5.97 Å². The molecule has 0 bridgehead atoms. The number of hydrogen-bond donors (Lipinski definition) is 1. The van der Waals surface area contributed by atoms with Gasteiger partial charge < -0.3 is 14.8 Å². The van der Waals surface area contributed by atoms with Crippen LogP contribution < -0.4 is 5.32 Å². The third-order valence-electron chi connectivity index (χ3n) is 3.25. The molecule has 17 heavy (non-hydrogen) atoms. The first-order valence-electron chi connectivity index (χ1n) is 6.27. The van der Waals surface area contributed by atoms with Gasteiger partial charge in [0.1, 0.15) is 0 Å². The zero-order chi connectivity index (χ0) is 13.1. The predicted molar refractivity (Wildman–Crippen MR) is 66.9 cm³/mol. The van der Waals surface area contributed by atoms with Crippen molar-refractivity contribution < 1.29 is 14.3 Å². The second-order valence-electron chi connectivity index (χ2n) is 5.86. The number of methoxy groups -OCH3 is 1. The summed E-state index contributed by atoms with van der Waals surface area (Å²) in [5, 5.41) is 3.47. The summed E-state index contributed by atoms with van der Waals surface area (Å²) in [5.74, 6) is -0.144. The fourth-order valence-electron chi connectivity index (χ4n) is 2.49. The number of carbonyl (C=O) groups excluding carboxylic acids is 1. The Labute approximate surface area is 104 Å². The van der Waals surface area contributed by atoms with Crippen LogP contribution in [0.4, 0.5) is 0 Å². The molecule has 0 radical (unpaired) electrons. The molecule has 1 aliphatic heterocycles. The normalized spacial score (nSPS) is 25.8. The van der Waals surface area contributed by atoms with Gasteiger partial charge in [-0.25, -0.2) is 0 Å². The molecule has 100 valence electrons. The molecule has 1 unspecified atom stereocenters. The molecule has 1 saturated heterocycles. The van der Waals surface area contributed by atoms with Crippen molar-refractivity contribution in [3.8, 4) is 0 Å². The average Bonchev–Trinajstić information content (AvgIpc) is 2.41. The van der Waals surface area contributed by atoms with Crippen LogP contribution in [-0.4, -0.2) is 36.9 Å². The molecule has 1 heterocycles. The maximum Gasteiger partial charge on any atom is 0.305 e. The molecule has 0 aliphatic carbocycles. The number of rotatable bonds is 5. The monoisotopic (exact) mass is 243 g/mol. The topological polar surface area (TPSA) is 47.6 Å². The van der Waals surface area contributed by atoms with E-state index in [0.29, 0.717) is 12.5 Å². The molecule has 0 amide bonds. The van der Waals surface area contributed by atoms with E-state index in [2.05, 4.69) is 37.7 Å². The SMILES string of the molecule is COC(=O)CCCNC1CC(C)(C)OC1(C)C. The van der Waals surface area contributed by atoms with E-state index in [1.165, 1.54) is 7.11 Å². The fourth-order valence-corrected chi connectivity index (χ4v) is 2.49. The Balaban J connectivity index is 2.30. The van der Waals surface area contributed by atoms with Crippen molar-refractivity contribution in [2.24, 2.45) is 0 Å². The van der Waals surface area contributed by atoms with E-state index >= 15 is 0 Å². The number of carbonyl (C=O) groups is 1. The van der Waals surface area contributed by atoms with Gasteiger partial charge in [0.05, 0.1) is 18.3 Å². The minimum atomic E-state index is -0.144. The summed E-state index contributed by atoms with van der Waals surface area (Å²) in [7, 11) is 1.42. The van der Waals surface area contributed by atoms with E-state index in [-0.39, 0.29) is 17.2 Å². The lowest BCUT2D eigenvalue weighted by Crippen LogP contribution is -2.43. The first kappa shape index (κ1) is 14.5. The molecule has 0 aromatic heterocycles. The highest BCUT2D eigenvalue weighted by atomic mass is 16.5. The van der Waals surface area contributed by atoms with Gasteiger partial charge in [0.25, 0.3) is 0 Å². The molecule has 4 nitrogen and oxygen atoms in total. The van der Waals surface area contributed by atoms with Crippen molar-refractivity contribution in [1.82, 2.24) is 5.32 Å². The van der Waals surface area contributed by atoms with Crippen LogP contribution in [0.2, 0.25) is 0 Å². The lowest BCUT2D eigenvalue weighted by molar-refractivity contribution is -0.140. The summed E-state index contributed by atoms with van der Waals surface area (Å²) in [4.78, 5) is 11.0. The molecule has 0 aromatic rings. The first-order chi connectivity index (χ1) is 7.77. The molecule has 1 N–H and O–H groups in total. The second kappa shape index (κ2) is 5.36. The summed E-state index contributed by atoms with van der Waals surface area (Å²) in [6, 6.07) is 0.343. The van der Waals surface area contributed by atoms with Gasteiger partial charge in [-0.2, -0.15) is 0 Å². The smallest absolute Gasteiger partial charge is 0.305 e. The number of esters is 1. The maximum absolute atomic E-state index is 11.0. The van der Waals surface area contributed by atoms with Crippen LogP contribution in [0.3, 0.4) is 0 Å². The summed E-state index contributed by atoms with van der Waals surface area (Å²) < 4.78 is 10.6. The number of ether oxygens (including phenoxy) is 2. The zero-order valence-corrected chi connectivity index (χ0v) is 11.6. The molecule has 4 heteroatoms. The molecule has 0 spiro atoms. The van der Waals surface area contributed by atoms with Gasteiger partial charge in [-0.15, -0.1) is 0 Å². The predicted octanol–water partition coefficient (Wildman–Crippen LogP) is 1.88. The van der Waals surface area contributed by atoms with Gasteiger partial charge in [0.15, 0.2) is 0 Å². The highest BCUT2D eigenvalue weighted by Crippen LogP contribution is 2.37. The fraction of sp³-hybridized carbons (Fsp3) is 0.923. The summed E-state index contributed by atoms with van der Waals surface area (Å²) in [6.07, 6.45) is 2.28. The minimum absolute atomic E-state index is 0.0660. The average molecular weight is 243 g/mol. The van der Waals surface area contributed by atoms with Gasteiger partial charge >= 0.3 is 5.97 Å². The molecule has 1 aliphatic rings. The molecule has 0 aromatic carbocycles. The highest BCUT2D eigenvalue weighted by Gasteiger charge is 2.45. The van der Waals surface area contributed by atoms with E-state index in [4.69, 9.17) is 4.74 Å². The van der Waals surface area contributed by atoms with Crippen molar-refractivity contribution in [2.75, 3.05) is 13.7 Å². The zero-order valence-electron chi connectivity index (χ0n) is 11.6. The summed E-state index contributed by atoms with van der Waals surface area (Å²) >= 11 is 0. The van der Waals surface area contributed by atoms with E-state index in [1.54, 1.807) is 0 Å². The Kier molecular flexibility index (Phi) is 4.55. The standard InChI is InChI=1S/C13H25NO3/c1-12(2)9-10(13(3,4)17-12)14-8-6-7-11(15)16-5/h10,14H,6-9H2,1-5H3. The highest BCUT2D eigenvalue weighted by molar-refractivity contribution is 5.69. The third-order valence-corrected chi connectivity index (χ3v) is 3.25. The lowest BCUT2D eigenvalue weighted by atomic mass is 9.94. The molecule has 1 fully saturated rings. The Bertz CT molecular complexity index is 274. The number of nitrogens with one attached hydrogen (secondary N) is 1. The van der Waals surface area contributed by atoms with Gasteiger partial charge in [0.2, 0.25) is 0 Å². The van der Waals surface area contributed by atoms with Crippen LogP contribution in [0, 0.1) is 0 Å².